The van der Waals surface area contributed by atoms with Gasteiger partial charge < -0.3 is 14.6 Å². The second-order valence-electron chi connectivity index (χ2n) is 3.88. The maximum atomic E-state index is 9.23. The van der Waals surface area contributed by atoms with Crippen molar-refractivity contribution in [2.75, 3.05) is 13.2 Å². The van der Waals surface area contributed by atoms with Crippen LogP contribution >= 0.6 is 0 Å². The molecular formula is C10H20O3. The van der Waals surface area contributed by atoms with Crippen molar-refractivity contribution < 1.29 is 14.6 Å². The van der Waals surface area contributed by atoms with Crippen molar-refractivity contribution in [3.8, 4) is 0 Å². The zero-order valence-corrected chi connectivity index (χ0v) is 8.53. The van der Waals surface area contributed by atoms with Crippen LogP contribution in [0.5, 0.6) is 0 Å². The SMILES string of the molecule is CC(C)OCCOC1CCC(O)C1. The Balaban J connectivity index is 1.94. The van der Waals surface area contributed by atoms with Gasteiger partial charge in [-0.1, -0.05) is 0 Å². The molecule has 3 heteroatoms. The summed E-state index contributed by atoms with van der Waals surface area (Å²) in [5.41, 5.74) is 0. The van der Waals surface area contributed by atoms with Gasteiger partial charge in [0.25, 0.3) is 0 Å². The molecule has 0 spiro atoms. The van der Waals surface area contributed by atoms with Crippen LogP contribution < -0.4 is 0 Å². The van der Waals surface area contributed by atoms with E-state index in [0.717, 1.165) is 19.3 Å². The average Bonchev–Trinajstić information content (AvgIpc) is 2.45. The number of hydrogen-bond acceptors (Lipinski definition) is 3. The lowest BCUT2D eigenvalue weighted by Gasteiger charge is -2.12. The molecule has 78 valence electrons. The van der Waals surface area contributed by atoms with Gasteiger partial charge in [-0.2, -0.15) is 0 Å². The topological polar surface area (TPSA) is 38.7 Å². The Morgan fingerprint density at radius 2 is 2.08 bits per heavy atom. The summed E-state index contributed by atoms with van der Waals surface area (Å²) in [7, 11) is 0. The Morgan fingerprint density at radius 3 is 2.62 bits per heavy atom. The Hall–Kier alpha value is -0.120. The fraction of sp³-hybridized carbons (Fsp3) is 1.00. The van der Waals surface area contributed by atoms with E-state index in [1.54, 1.807) is 0 Å². The van der Waals surface area contributed by atoms with Gasteiger partial charge in [0.2, 0.25) is 0 Å². The van der Waals surface area contributed by atoms with Gasteiger partial charge in [-0.15, -0.1) is 0 Å². The van der Waals surface area contributed by atoms with Gasteiger partial charge >= 0.3 is 0 Å². The molecule has 2 atom stereocenters. The average molecular weight is 188 g/mol. The highest BCUT2D eigenvalue weighted by molar-refractivity contribution is 4.74. The molecule has 0 saturated heterocycles. The van der Waals surface area contributed by atoms with Gasteiger partial charge in [-0.3, -0.25) is 0 Å². The normalized spacial score (nSPS) is 28.6. The zero-order chi connectivity index (χ0) is 9.68. The number of ether oxygens (including phenoxy) is 2. The van der Waals surface area contributed by atoms with Crippen molar-refractivity contribution in [2.24, 2.45) is 0 Å². The lowest BCUT2D eigenvalue weighted by molar-refractivity contribution is -0.0136. The highest BCUT2D eigenvalue weighted by Gasteiger charge is 2.22. The molecule has 0 aromatic carbocycles. The molecule has 1 fully saturated rings. The van der Waals surface area contributed by atoms with Crippen molar-refractivity contribution in [1.82, 2.24) is 0 Å². The summed E-state index contributed by atoms with van der Waals surface area (Å²) in [6.45, 7) is 5.33. The summed E-state index contributed by atoms with van der Waals surface area (Å²) in [6.07, 6.45) is 3.06. The molecular weight excluding hydrogens is 168 g/mol. The van der Waals surface area contributed by atoms with Gasteiger partial charge in [0.1, 0.15) is 0 Å². The smallest absolute Gasteiger partial charge is 0.0704 e. The van der Waals surface area contributed by atoms with Gasteiger partial charge in [-0.25, -0.2) is 0 Å². The van der Waals surface area contributed by atoms with Crippen LogP contribution in [-0.4, -0.2) is 36.6 Å². The van der Waals surface area contributed by atoms with Crippen LogP contribution in [0.1, 0.15) is 33.1 Å². The van der Waals surface area contributed by atoms with Gasteiger partial charge in [0.15, 0.2) is 0 Å². The Kier molecular flexibility index (Phi) is 4.70. The van der Waals surface area contributed by atoms with E-state index in [1.165, 1.54) is 0 Å². The zero-order valence-electron chi connectivity index (χ0n) is 8.53. The van der Waals surface area contributed by atoms with Crippen LogP contribution in [0.15, 0.2) is 0 Å². The lowest BCUT2D eigenvalue weighted by Crippen LogP contribution is -2.16. The third-order valence-electron chi connectivity index (χ3n) is 2.24. The quantitative estimate of drug-likeness (QED) is 0.662. The summed E-state index contributed by atoms with van der Waals surface area (Å²) in [5.74, 6) is 0. The summed E-state index contributed by atoms with van der Waals surface area (Å²) in [6, 6.07) is 0. The molecule has 0 aromatic rings. The predicted molar refractivity (Wildman–Crippen MR) is 50.7 cm³/mol. The van der Waals surface area contributed by atoms with E-state index in [-0.39, 0.29) is 18.3 Å². The third kappa shape index (κ3) is 4.60. The predicted octanol–water partition coefficient (Wildman–Crippen LogP) is 1.34. The lowest BCUT2D eigenvalue weighted by atomic mass is 10.3. The molecule has 2 unspecified atom stereocenters. The molecule has 0 bridgehead atoms. The molecule has 0 radical (unpaired) electrons. The Labute approximate surface area is 80.0 Å². The van der Waals surface area contributed by atoms with Crippen LogP contribution in [0.3, 0.4) is 0 Å². The standard InChI is InChI=1S/C10H20O3/c1-8(2)12-5-6-13-10-4-3-9(11)7-10/h8-11H,3-7H2,1-2H3. The first-order valence-corrected chi connectivity index (χ1v) is 5.09. The largest absolute Gasteiger partial charge is 0.393 e. The second kappa shape index (κ2) is 5.58. The molecule has 0 heterocycles. The van der Waals surface area contributed by atoms with Crippen LogP contribution in [0.4, 0.5) is 0 Å². The fourth-order valence-corrected chi connectivity index (χ4v) is 1.57. The van der Waals surface area contributed by atoms with E-state index < -0.39 is 0 Å². The molecule has 3 nitrogen and oxygen atoms in total. The highest BCUT2D eigenvalue weighted by Crippen LogP contribution is 2.21. The molecule has 0 aromatic heterocycles. The van der Waals surface area contributed by atoms with E-state index in [9.17, 15) is 5.11 Å². The first-order valence-electron chi connectivity index (χ1n) is 5.09. The highest BCUT2D eigenvalue weighted by atomic mass is 16.5. The summed E-state index contributed by atoms with van der Waals surface area (Å²) in [4.78, 5) is 0. The van der Waals surface area contributed by atoms with E-state index in [0.29, 0.717) is 13.2 Å². The van der Waals surface area contributed by atoms with Crippen LogP contribution in [-0.2, 0) is 9.47 Å². The monoisotopic (exact) mass is 188 g/mol. The molecule has 1 N–H and O–H groups in total. The van der Waals surface area contributed by atoms with Gasteiger partial charge in [0.05, 0.1) is 31.5 Å². The minimum atomic E-state index is -0.143. The minimum absolute atomic E-state index is 0.143. The Morgan fingerprint density at radius 1 is 1.31 bits per heavy atom. The summed E-state index contributed by atoms with van der Waals surface area (Å²) >= 11 is 0. The van der Waals surface area contributed by atoms with Crippen molar-refractivity contribution in [3.05, 3.63) is 0 Å². The van der Waals surface area contributed by atoms with Crippen LogP contribution in [0.25, 0.3) is 0 Å². The van der Waals surface area contributed by atoms with Crippen LogP contribution in [0, 0.1) is 0 Å². The van der Waals surface area contributed by atoms with E-state index >= 15 is 0 Å². The molecule has 1 aliphatic carbocycles. The number of aliphatic hydroxyl groups is 1. The molecule has 1 aliphatic rings. The fourth-order valence-electron chi connectivity index (χ4n) is 1.57. The minimum Gasteiger partial charge on any atom is -0.393 e. The van der Waals surface area contributed by atoms with Gasteiger partial charge in [0, 0.05) is 0 Å². The van der Waals surface area contributed by atoms with E-state index in [1.807, 2.05) is 13.8 Å². The third-order valence-corrected chi connectivity index (χ3v) is 2.24. The van der Waals surface area contributed by atoms with Crippen molar-refractivity contribution in [3.63, 3.8) is 0 Å². The second-order valence-corrected chi connectivity index (χ2v) is 3.88. The number of rotatable bonds is 5. The summed E-state index contributed by atoms with van der Waals surface area (Å²) in [5, 5.41) is 9.23. The van der Waals surface area contributed by atoms with E-state index in [4.69, 9.17) is 9.47 Å². The summed E-state index contributed by atoms with van der Waals surface area (Å²) < 4.78 is 10.9. The first kappa shape index (κ1) is 11.0. The number of hydrogen-bond donors (Lipinski definition) is 1. The molecule has 0 amide bonds. The number of aliphatic hydroxyl groups excluding tert-OH is 1. The van der Waals surface area contributed by atoms with E-state index in [2.05, 4.69) is 0 Å². The van der Waals surface area contributed by atoms with Gasteiger partial charge in [-0.05, 0) is 33.1 Å². The molecule has 13 heavy (non-hydrogen) atoms. The Bertz CT molecular complexity index is 136. The van der Waals surface area contributed by atoms with Crippen molar-refractivity contribution in [1.29, 1.82) is 0 Å². The maximum Gasteiger partial charge on any atom is 0.0704 e. The molecule has 1 saturated carbocycles. The maximum absolute atomic E-state index is 9.23. The first-order chi connectivity index (χ1) is 6.18. The molecule has 1 rings (SSSR count). The molecule has 0 aliphatic heterocycles. The van der Waals surface area contributed by atoms with Crippen molar-refractivity contribution >= 4 is 0 Å². The van der Waals surface area contributed by atoms with Crippen molar-refractivity contribution in [2.45, 2.75) is 51.4 Å². The van der Waals surface area contributed by atoms with Crippen LogP contribution in [0.2, 0.25) is 0 Å².